The number of rotatable bonds is 4. The molecular weight excluding hydrogens is 350 g/mol. The Kier molecular flexibility index (Phi) is 5.60. The Morgan fingerprint density at radius 2 is 1.82 bits per heavy atom. The summed E-state index contributed by atoms with van der Waals surface area (Å²) in [7, 11) is 0. The van der Waals surface area contributed by atoms with Crippen molar-refractivity contribution in [2.24, 2.45) is 11.8 Å². The lowest BCUT2D eigenvalue weighted by Gasteiger charge is -2.33. The van der Waals surface area contributed by atoms with Crippen molar-refractivity contribution in [1.29, 1.82) is 0 Å². The maximum absolute atomic E-state index is 12.7. The largest absolute Gasteiger partial charge is 0.352 e. The molecule has 2 aromatic rings. The van der Waals surface area contributed by atoms with Gasteiger partial charge in [0.2, 0.25) is 11.8 Å². The predicted molar refractivity (Wildman–Crippen MR) is 110 cm³/mol. The van der Waals surface area contributed by atoms with Gasteiger partial charge < -0.3 is 10.2 Å². The summed E-state index contributed by atoms with van der Waals surface area (Å²) in [4.78, 5) is 31.7. The van der Waals surface area contributed by atoms with Gasteiger partial charge in [0.1, 0.15) is 0 Å². The highest BCUT2D eigenvalue weighted by atomic mass is 16.2. The van der Waals surface area contributed by atoms with Crippen molar-refractivity contribution >= 4 is 22.7 Å². The molecule has 2 heterocycles. The maximum Gasteiger partial charge on any atom is 0.225 e. The summed E-state index contributed by atoms with van der Waals surface area (Å²) in [5.41, 5.74) is 3.23. The minimum Gasteiger partial charge on any atom is -0.352 e. The first kappa shape index (κ1) is 18.9. The predicted octanol–water partition coefficient (Wildman–Crippen LogP) is 3.59. The summed E-state index contributed by atoms with van der Waals surface area (Å²) in [5.74, 6) is 0.650. The van der Waals surface area contributed by atoms with E-state index in [1.165, 1.54) is 12.8 Å². The number of aryl methyl sites for hydroxylation is 1. The van der Waals surface area contributed by atoms with Crippen LogP contribution in [0.1, 0.15) is 49.7 Å². The summed E-state index contributed by atoms with van der Waals surface area (Å²) in [6.07, 6.45) is 7.77. The van der Waals surface area contributed by atoms with E-state index in [-0.39, 0.29) is 17.7 Å². The molecule has 2 amide bonds. The monoisotopic (exact) mass is 379 g/mol. The molecule has 1 aliphatic heterocycles. The molecule has 28 heavy (non-hydrogen) atoms. The van der Waals surface area contributed by atoms with Gasteiger partial charge >= 0.3 is 0 Å². The van der Waals surface area contributed by atoms with Crippen LogP contribution < -0.4 is 5.32 Å². The van der Waals surface area contributed by atoms with Crippen LogP contribution in [-0.2, 0) is 16.1 Å². The molecule has 2 aliphatic rings. The van der Waals surface area contributed by atoms with E-state index in [0.29, 0.717) is 25.5 Å². The molecule has 1 N–H and O–H groups in total. The number of fused-ring (bicyclic) bond motifs is 1. The molecular formula is C23H29N3O2. The third kappa shape index (κ3) is 3.89. The van der Waals surface area contributed by atoms with Crippen molar-refractivity contribution < 1.29 is 9.59 Å². The van der Waals surface area contributed by atoms with Gasteiger partial charge in [-0.3, -0.25) is 14.6 Å². The van der Waals surface area contributed by atoms with Crippen molar-refractivity contribution in [3.8, 4) is 0 Å². The van der Waals surface area contributed by atoms with Crippen LogP contribution in [0.3, 0.4) is 0 Å². The quantitative estimate of drug-likeness (QED) is 0.883. The van der Waals surface area contributed by atoms with Crippen LogP contribution in [0.15, 0.2) is 30.5 Å². The number of amides is 2. The van der Waals surface area contributed by atoms with E-state index >= 15 is 0 Å². The van der Waals surface area contributed by atoms with Crippen molar-refractivity contribution in [2.45, 2.75) is 52.0 Å². The molecule has 1 saturated heterocycles. The molecule has 0 radical (unpaired) electrons. The van der Waals surface area contributed by atoms with Gasteiger partial charge in [-0.2, -0.15) is 0 Å². The molecule has 148 valence electrons. The van der Waals surface area contributed by atoms with Gasteiger partial charge in [0.15, 0.2) is 0 Å². The van der Waals surface area contributed by atoms with E-state index in [4.69, 9.17) is 0 Å². The number of hydrogen-bond donors (Lipinski definition) is 1. The number of piperidine rings is 1. The number of carbonyl (C=O) groups excluding carboxylic acids is 2. The number of hydrogen-bond acceptors (Lipinski definition) is 3. The number of nitrogens with zero attached hydrogens (tertiary/aromatic N) is 2. The summed E-state index contributed by atoms with van der Waals surface area (Å²) < 4.78 is 0. The van der Waals surface area contributed by atoms with E-state index in [0.717, 1.165) is 47.7 Å². The molecule has 2 fully saturated rings. The van der Waals surface area contributed by atoms with Crippen molar-refractivity contribution in [3.63, 3.8) is 0 Å². The van der Waals surface area contributed by atoms with Crippen LogP contribution >= 0.6 is 0 Å². The smallest absolute Gasteiger partial charge is 0.225 e. The zero-order chi connectivity index (χ0) is 19.5. The zero-order valence-corrected chi connectivity index (χ0v) is 16.6. The van der Waals surface area contributed by atoms with Crippen LogP contribution in [0.2, 0.25) is 0 Å². The van der Waals surface area contributed by atoms with E-state index in [9.17, 15) is 9.59 Å². The summed E-state index contributed by atoms with van der Waals surface area (Å²) in [6, 6.07) is 8.13. The molecule has 0 bridgehead atoms. The fourth-order valence-corrected chi connectivity index (χ4v) is 4.65. The number of benzene rings is 1. The molecule has 1 aliphatic carbocycles. The third-order valence-electron chi connectivity index (χ3n) is 6.40. The van der Waals surface area contributed by atoms with Crippen LogP contribution in [0.25, 0.3) is 10.9 Å². The SMILES string of the molecule is Cc1ccc(CNC(=O)C2CCN(C(=O)C3CCCC3)CC2)c2cccnc12. The lowest BCUT2D eigenvalue weighted by atomic mass is 9.94. The Balaban J connectivity index is 1.32. The lowest BCUT2D eigenvalue weighted by Crippen LogP contribution is -2.44. The van der Waals surface area contributed by atoms with Gasteiger partial charge in [0, 0.05) is 43.1 Å². The Hall–Kier alpha value is -2.43. The van der Waals surface area contributed by atoms with Gasteiger partial charge in [-0.15, -0.1) is 0 Å². The normalized spacial score (nSPS) is 18.5. The van der Waals surface area contributed by atoms with Gasteiger partial charge in [-0.25, -0.2) is 0 Å². The number of pyridine rings is 1. The Morgan fingerprint density at radius 3 is 2.57 bits per heavy atom. The van der Waals surface area contributed by atoms with Gasteiger partial charge in [0.25, 0.3) is 0 Å². The Labute approximate surface area is 166 Å². The van der Waals surface area contributed by atoms with E-state index in [1.807, 2.05) is 11.0 Å². The van der Waals surface area contributed by atoms with Gasteiger partial charge in [-0.05, 0) is 49.8 Å². The van der Waals surface area contributed by atoms with Crippen LogP contribution in [0, 0.1) is 18.8 Å². The molecule has 5 nitrogen and oxygen atoms in total. The molecule has 4 rings (SSSR count). The van der Waals surface area contributed by atoms with E-state index in [1.54, 1.807) is 6.20 Å². The number of carbonyl (C=O) groups is 2. The Bertz CT molecular complexity index is 865. The Morgan fingerprint density at radius 1 is 1.07 bits per heavy atom. The van der Waals surface area contributed by atoms with Crippen molar-refractivity contribution in [3.05, 3.63) is 41.6 Å². The number of nitrogens with one attached hydrogen (secondary N) is 1. The number of likely N-dealkylation sites (tertiary alicyclic amines) is 1. The van der Waals surface area contributed by atoms with Crippen LogP contribution in [0.4, 0.5) is 0 Å². The third-order valence-corrected chi connectivity index (χ3v) is 6.40. The highest BCUT2D eigenvalue weighted by Gasteiger charge is 2.31. The molecule has 0 spiro atoms. The van der Waals surface area contributed by atoms with Crippen molar-refractivity contribution in [2.75, 3.05) is 13.1 Å². The average molecular weight is 380 g/mol. The maximum atomic E-state index is 12.7. The standard InChI is InChI=1S/C23H29N3O2/c1-16-8-9-19(20-7-4-12-24-21(16)20)15-25-22(27)17-10-13-26(14-11-17)23(28)18-5-2-3-6-18/h4,7-9,12,17-18H,2-3,5-6,10-11,13-15H2,1H3,(H,25,27). The molecule has 0 unspecified atom stereocenters. The second-order valence-corrected chi connectivity index (χ2v) is 8.24. The zero-order valence-electron chi connectivity index (χ0n) is 16.6. The molecule has 1 saturated carbocycles. The summed E-state index contributed by atoms with van der Waals surface area (Å²) in [6.45, 7) is 4.00. The van der Waals surface area contributed by atoms with E-state index < -0.39 is 0 Å². The van der Waals surface area contributed by atoms with Gasteiger partial charge in [-0.1, -0.05) is 31.0 Å². The molecule has 0 atom stereocenters. The van der Waals surface area contributed by atoms with Gasteiger partial charge in [0.05, 0.1) is 5.52 Å². The lowest BCUT2D eigenvalue weighted by molar-refractivity contribution is -0.139. The first-order valence-electron chi connectivity index (χ1n) is 10.5. The summed E-state index contributed by atoms with van der Waals surface area (Å²) >= 11 is 0. The second kappa shape index (κ2) is 8.29. The fourth-order valence-electron chi connectivity index (χ4n) is 4.65. The molecule has 1 aromatic carbocycles. The number of aromatic nitrogens is 1. The second-order valence-electron chi connectivity index (χ2n) is 8.24. The minimum atomic E-state index is 0.00228. The van der Waals surface area contributed by atoms with Crippen LogP contribution in [0.5, 0.6) is 0 Å². The van der Waals surface area contributed by atoms with E-state index in [2.05, 4.69) is 35.4 Å². The van der Waals surface area contributed by atoms with Crippen molar-refractivity contribution in [1.82, 2.24) is 15.2 Å². The summed E-state index contributed by atoms with van der Waals surface area (Å²) in [5, 5.41) is 4.21. The first-order valence-corrected chi connectivity index (χ1v) is 10.5. The molecule has 1 aromatic heterocycles. The average Bonchev–Trinajstić information content (AvgIpc) is 3.28. The fraction of sp³-hybridized carbons (Fsp3) is 0.522. The molecule has 5 heteroatoms. The first-order chi connectivity index (χ1) is 13.6. The highest BCUT2D eigenvalue weighted by Crippen LogP contribution is 2.28. The minimum absolute atomic E-state index is 0.00228. The topological polar surface area (TPSA) is 62.3 Å². The van der Waals surface area contributed by atoms with Crippen LogP contribution in [-0.4, -0.2) is 34.8 Å². The highest BCUT2D eigenvalue weighted by molar-refractivity contribution is 5.86.